The molecule has 29 heavy (non-hydrogen) atoms. The number of hydrogen-bond acceptors (Lipinski definition) is 6. The van der Waals surface area contributed by atoms with E-state index in [0.29, 0.717) is 39.6 Å². The lowest BCUT2D eigenvalue weighted by Crippen LogP contribution is -2.16. The molecule has 8 nitrogen and oxygen atoms in total. The van der Waals surface area contributed by atoms with Gasteiger partial charge in [0.05, 0.1) is 23.0 Å². The number of nitrogens with zero attached hydrogens (tertiary/aromatic N) is 5. The highest BCUT2D eigenvalue weighted by Gasteiger charge is 2.32. The van der Waals surface area contributed by atoms with Crippen LogP contribution in [-0.2, 0) is 4.79 Å². The van der Waals surface area contributed by atoms with E-state index in [0.717, 1.165) is 12.1 Å². The van der Waals surface area contributed by atoms with E-state index in [1.165, 1.54) is 35.2 Å². The first kappa shape index (κ1) is 17.7. The zero-order chi connectivity index (χ0) is 20.1. The number of aryl methyl sites for hydroxylation is 1. The SMILES string of the molecule is Cc1nn(-c2ncnc3nc[nH]c23)c2c1C(c1ccc(F)c(F)c1)SCC(=O)N2. The Balaban J connectivity index is 1.73. The Labute approximate surface area is 166 Å². The zero-order valence-corrected chi connectivity index (χ0v) is 15.8. The van der Waals surface area contributed by atoms with Gasteiger partial charge in [0.2, 0.25) is 5.91 Å². The molecular formula is C18H13F2N7OS. The molecule has 0 bridgehead atoms. The Morgan fingerprint density at radius 1 is 1.21 bits per heavy atom. The fraction of sp³-hybridized carbons (Fsp3) is 0.167. The number of H-pyrrole nitrogens is 1. The number of hydrogen-bond donors (Lipinski definition) is 2. The maximum Gasteiger partial charge on any atom is 0.235 e. The van der Waals surface area contributed by atoms with Crippen LogP contribution in [0.4, 0.5) is 14.6 Å². The number of thioether (sulfide) groups is 1. The molecule has 0 spiro atoms. The standard InChI is InChI=1S/C18H13F2N7OS/c1-8-13-15(9-2-3-10(19)11(20)4-9)29-5-12(28)25-17(13)27(26-8)18-14-16(22-6-21-14)23-7-24-18/h2-4,6-7,15H,5H2,1H3,(H,25,28)(H,21,22,23,24). The Morgan fingerprint density at radius 2 is 2.07 bits per heavy atom. The van der Waals surface area contributed by atoms with E-state index in [1.54, 1.807) is 6.92 Å². The van der Waals surface area contributed by atoms with Crippen molar-refractivity contribution in [2.24, 2.45) is 0 Å². The van der Waals surface area contributed by atoms with Crippen LogP contribution in [0, 0.1) is 18.6 Å². The molecule has 0 saturated carbocycles. The van der Waals surface area contributed by atoms with Gasteiger partial charge < -0.3 is 10.3 Å². The predicted octanol–water partition coefficient (Wildman–Crippen LogP) is 2.90. The van der Waals surface area contributed by atoms with Gasteiger partial charge in [0.15, 0.2) is 23.1 Å². The third-order valence-corrected chi connectivity index (χ3v) is 5.93. The second-order valence-corrected chi connectivity index (χ2v) is 7.56. The lowest BCUT2D eigenvalue weighted by atomic mass is 10.0. The summed E-state index contributed by atoms with van der Waals surface area (Å²) in [5.41, 5.74) is 2.91. The van der Waals surface area contributed by atoms with E-state index >= 15 is 0 Å². The Morgan fingerprint density at radius 3 is 2.90 bits per heavy atom. The molecule has 146 valence electrons. The third-order valence-electron chi connectivity index (χ3n) is 4.66. The molecule has 0 aliphatic carbocycles. The van der Waals surface area contributed by atoms with Crippen LogP contribution >= 0.6 is 11.8 Å². The Bertz CT molecular complexity index is 1270. The van der Waals surface area contributed by atoms with Crippen molar-refractivity contribution < 1.29 is 13.6 Å². The summed E-state index contributed by atoms with van der Waals surface area (Å²) >= 11 is 1.32. The van der Waals surface area contributed by atoms with E-state index in [-0.39, 0.29) is 11.7 Å². The topological polar surface area (TPSA) is 101 Å². The third kappa shape index (κ3) is 2.85. The lowest BCUT2D eigenvalue weighted by molar-refractivity contribution is -0.113. The number of amides is 1. The normalized spacial score (nSPS) is 16.5. The summed E-state index contributed by atoms with van der Waals surface area (Å²) in [5, 5.41) is 7.03. The minimum atomic E-state index is -0.937. The maximum atomic E-state index is 13.9. The highest BCUT2D eigenvalue weighted by molar-refractivity contribution is 8.00. The van der Waals surface area contributed by atoms with Crippen molar-refractivity contribution in [2.75, 3.05) is 11.1 Å². The minimum absolute atomic E-state index is 0.154. The van der Waals surface area contributed by atoms with Crippen LogP contribution < -0.4 is 5.32 Å². The molecule has 3 aromatic heterocycles. The maximum absolute atomic E-state index is 13.9. The second kappa shape index (κ2) is 6.62. The molecule has 4 heterocycles. The first-order valence-corrected chi connectivity index (χ1v) is 9.68. The summed E-state index contributed by atoms with van der Waals surface area (Å²) in [4.78, 5) is 27.9. The molecule has 11 heteroatoms. The van der Waals surface area contributed by atoms with Gasteiger partial charge in [-0.1, -0.05) is 6.07 Å². The first-order chi connectivity index (χ1) is 14.0. The summed E-state index contributed by atoms with van der Waals surface area (Å²) in [5.74, 6) is -1.07. The van der Waals surface area contributed by atoms with Crippen LogP contribution in [0.25, 0.3) is 17.0 Å². The quantitative estimate of drug-likeness (QED) is 0.524. The van der Waals surface area contributed by atoms with Crippen molar-refractivity contribution in [3.63, 3.8) is 0 Å². The van der Waals surface area contributed by atoms with E-state index in [2.05, 4.69) is 30.4 Å². The van der Waals surface area contributed by atoms with Gasteiger partial charge in [0, 0.05) is 5.56 Å². The van der Waals surface area contributed by atoms with Gasteiger partial charge in [0.25, 0.3) is 0 Å². The van der Waals surface area contributed by atoms with Gasteiger partial charge in [0.1, 0.15) is 17.7 Å². The number of carbonyl (C=O) groups excluding carboxylic acids is 1. The molecule has 1 aliphatic heterocycles. The fourth-order valence-electron chi connectivity index (χ4n) is 3.39. The highest BCUT2D eigenvalue weighted by atomic mass is 32.2. The average Bonchev–Trinajstić information content (AvgIpc) is 3.25. The number of aromatic amines is 1. The summed E-state index contributed by atoms with van der Waals surface area (Å²) < 4.78 is 28.8. The van der Waals surface area contributed by atoms with Crippen LogP contribution in [0.5, 0.6) is 0 Å². The average molecular weight is 413 g/mol. The number of imidazole rings is 1. The molecule has 0 radical (unpaired) electrons. The van der Waals surface area contributed by atoms with Gasteiger partial charge >= 0.3 is 0 Å². The number of benzene rings is 1. The molecule has 0 saturated heterocycles. The Kier molecular flexibility index (Phi) is 4.05. The van der Waals surface area contributed by atoms with Gasteiger partial charge in [-0.2, -0.15) is 9.78 Å². The summed E-state index contributed by atoms with van der Waals surface area (Å²) in [7, 11) is 0. The monoisotopic (exact) mass is 413 g/mol. The number of aromatic nitrogens is 6. The molecule has 1 amide bonds. The summed E-state index contributed by atoms with van der Waals surface area (Å²) in [6.45, 7) is 1.80. The van der Waals surface area contributed by atoms with Crippen molar-refractivity contribution in [1.82, 2.24) is 29.7 Å². The van der Waals surface area contributed by atoms with E-state index in [4.69, 9.17) is 0 Å². The number of anilines is 1. The van der Waals surface area contributed by atoms with Gasteiger partial charge in [-0.05, 0) is 24.6 Å². The van der Waals surface area contributed by atoms with Crippen LogP contribution in [0.1, 0.15) is 22.1 Å². The van der Waals surface area contributed by atoms with E-state index in [9.17, 15) is 13.6 Å². The number of carbonyl (C=O) groups is 1. The summed E-state index contributed by atoms with van der Waals surface area (Å²) in [6.07, 6.45) is 2.86. The molecule has 4 aromatic rings. The van der Waals surface area contributed by atoms with Crippen molar-refractivity contribution in [1.29, 1.82) is 0 Å². The van der Waals surface area contributed by atoms with Crippen LogP contribution in [-0.4, -0.2) is 41.4 Å². The molecular weight excluding hydrogens is 400 g/mol. The number of rotatable bonds is 2. The number of nitrogens with one attached hydrogen (secondary N) is 2. The predicted molar refractivity (Wildman–Crippen MR) is 103 cm³/mol. The van der Waals surface area contributed by atoms with Crippen molar-refractivity contribution in [3.05, 3.63) is 59.3 Å². The number of halogens is 2. The molecule has 5 rings (SSSR count). The Hall–Kier alpha value is -3.34. The van der Waals surface area contributed by atoms with Gasteiger partial charge in [-0.15, -0.1) is 11.8 Å². The van der Waals surface area contributed by atoms with Crippen LogP contribution in [0.3, 0.4) is 0 Å². The molecule has 0 fully saturated rings. The van der Waals surface area contributed by atoms with Gasteiger partial charge in [-0.25, -0.2) is 23.7 Å². The fourth-order valence-corrected chi connectivity index (χ4v) is 4.57. The second-order valence-electron chi connectivity index (χ2n) is 6.47. The lowest BCUT2D eigenvalue weighted by Gasteiger charge is -2.15. The van der Waals surface area contributed by atoms with Crippen LogP contribution in [0.15, 0.2) is 30.9 Å². The van der Waals surface area contributed by atoms with Crippen molar-refractivity contribution >= 4 is 34.7 Å². The van der Waals surface area contributed by atoms with Crippen LogP contribution in [0.2, 0.25) is 0 Å². The first-order valence-electron chi connectivity index (χ1n) is 8.63. The minimum Gasteiger partial charge on any atom is -0.340 e. The molecule has 1 unspecified atom stereocenters. The molecule has 1 aromatic carbocycles. The molecule has 1 atom stereocenters. The highest BCUT2D eigenvalue weighted by Crippen LogP contribution is 2.44. The molecule has 1 aliphatic rings. The smallest absolute Gasteiger partial charge is 0.235 e. The summed E-state index contributed by atoms with van der Waals surface area (Å²) in [6, 6.07) is 3.76. The van der Waals surface area contributed by atoms with Gasteiger partial charge in [-0.3, -0.25) is 4.79 Å². The van der Waals surface area contributed by atoms with Crippen molar-refractivity contribution in [3.8, 4) is 5.82 Å². The van der Waals surface area contributed by atoms with E-state index < -0.39 is 16.9 Å². The molecule has 2 N–H and O–H groups in total. The van der Waals surface area contributed by atoms with Crippen molar-refractivity contribution in [2.45, 2.75) is 12.2 Å². The largest absolute Gasteiger partial charge is 0.340 e. The zero-order valence-electron chi connectivity index (χ0n) is 15.0. The number of fused-ring (bicyclic) bond motifs is 2. The van der Waals surface area contributed by atoms with E-state index in [1.807, 2.05) is 0 Å².